The molecule has 1 saturated heterocycles. The predicted octanol–water partition coefficient (Wildman–Crippen LogP) is 2.72. The normalized spacial score (nSPS) is 19.2. The first kappa shape index (κ1) is 22.5. The lowest BCUT2D eigenvalue weighted by molar-refractivity contribution is -0.126. The summed E-state index contributed by atoms with van der Waals surface area (Å²) < 4.78 is 34.9. The van der Waals surface area contributed by atoms with E-state index in [4.69, 9.17) is 4.74 Å². The topological polar surface area (TPSA) is 88.1 Å². The number of ether oxygens (including phenoxy) is 1. The zero-order valence-electron chi connectivity index (χ0n) is 18.0. The van der Waals surface area contributed by atoms with Crippen LogP contribution < -0.4 is 5.32 Å². The molecule has 1 aromatic rings. The van der Waals surface area contributed by atoms with Crippen LogP contribution in [0.25, 0.3) is 4.91 Å². The van der Waals surface area contributed by atoms with Gasteiger partial charge in [-0.15, -0.1) is 4.40 Å². The van der Waals surface area contributed by atoms with Crippen LogP contribution >= 0.6 is 0 Å². The quantitative estimate of drug-likeness (QED) is 0.668. The second-order valence-electron chi connectivity index (χ2n) is 7.82. The van der Waals surface area contributed by atoms with E-state index in [0.717, 1.165) is 17.6 Å². The number of carbonyl (C=O) groups is 1. The van der Waals surface area contributed by atoms with E-state index in [2.05, 4.69) is 9.71 Å². The molecule has 2 aliphatic heterocycles. The number of aryl methyl sites for hydroxylation is 1. The van der Waals surface area contributed by atoms with E-state index < -0.39 is 10.0 Å². The highest BCUT2D eigenvalue weighted by molar-refractivity contribution is 8.00. The second-order valence-corrected chi connectivity index (χ2v) is 9.36. The van der Waals surface area contributed by atoms with Gasteiger partial charge in [-0.2, -0.15) is 8.42 Å². The maximum Gasteiger partial charge on any atom is 0.285 e. The molecule has 0 atom stereocenters. The molecule has 1 amide bonds. The number of methoxy groups -OCH3 is 1. The van der Waals surface area contributed by atoms with Gasteiger partial charge in [0, 0.05) is 44.8 Å². The minimum absolute atomic E-state index is 0.0481. The van der Waals surface area contributed by atoms with Crippen molar-refractivity contribution in [3.05, 3.63) is 41.0 Å². The van der Waals surface area contributed by atoms with Crippen LogP contribution in [0.4, 0.5) is 0 Å². The number of rotatable bonds is 7. The maximum absolute atomic E-state index is 12.9. The highest BCUT2D eigenvalue weighted by atomic mass is 32.2. The van der Waals surface area contributed by atoms with Gasteiger partial charge in [0.15, 0.2) is 0 Å². The molecular weight excluding hydrogens is 402 g/mol. The fourth-order valence-electron chi connectivity index (χ4n) is 3.99. The van der Waals surface area contributed by atoms with E-state index in [1.54, 1.807) is 7.11 Å². The number of piperidine rings is 1. The maximum atomic E-state index is 12.9. The zero-order chi connectivity index (χ0) is 21.7. The van der Waals surface area contributed by atoms with Crippen LogP contribution in [0.3, 0.4) is 0 Å². The molecule has 0 bridgehead atoms. The Hall–Kier alpha value is -2.19. The van der Waals surface area contributed by atoms with Crippen molar-refractivity contribution in [3.63, 3.8) is 0 Å². The summed E-state index contributed by atoms with van der Waals surface area (Å²) in [7, 11) is -2.08. The standard InChI is InChI=1S/C22H31N3O4S/c1-4-19-20(17-8-6-16(2)7-9-17)30(27,28)24-21(19)25-13-10-18(11-14-25)22(26)23-12-5-15-29-3/h6-9,18H,4-5,10-15H2,1-3H3,(H,23,26). The molecule has 1 N–H and O–H groups in total. The average Bonchev–Trinajstić information content (AvgIpc) is 3.02. The number of amides is 1. The van der Waals surface area contributed by atoms with Crippen molar-refractivity contribution < 1.29 is 17.9 Å². The van der Waals surface area contributed by atoms with Crippen LogP contribution in [0.15, 0.2) is 34.2 Å². The summed E-state index contributed by atoms with van der Waals surface area (Å²) in [4.78, 5) is 14.7. The number of nitrogens with zero attached hydrogens (tertiary/aromatic N) is 2. The number of likely N-dealkylation sites (tertiary alicyclic amines) is 1. The first-order valence-electron chi connectivity index (χ1n) is 10.5. The number of nitrogens with one attached hydrogen (secondary N) is 1. The van der Waals surface area contributed by atoms with Gasteiger partial charge in [0.25, 0.3) is 10.0 Å². The van der Waals surface area contributed by atoms with Gasteiger partial charge in [-0.3, -0.25) is 4.79 Å². The molecule has 2 heterocycles. The minimum atomic E-state index is -3.73. The molecule has 0 aromatic heterocycles. The molecule has 0 aliphatic carbocycles. The lowest BCUT2D eigenvalue weighted by Gasteiger charge is -2.33. The summed E-state index contributed by atoms with van der Waals surface area (Å²) in [6.07, 6.45) is 2.75. The van der Waals surface area contributed by atoms with Gasteiger partial charge >= 0.3 is 0 Å². The van der Waals surface area contributed by atoms with Gasteiger partial charge < -0.3 is 15.0 Å². The summed E-state index contributed by atoms with van der Waals surface area (Å²) in [6.45, 7) is 6.41. The molecule has 30 heavy (non-hydrogen) atoms. The zero-order valence-corrected chi connectivity index (χ0v) is 18.8. The monoisotopic (exact) mass is 433 g/mol. The summed E-state index contributed by atoms with van der Waals surface area (Å²) >= 11 is 0. The van der Waals surface area contributed by atoms with Crippen molar-refractivity contribution in [1.82, 2.24) is 10.2 Å². The van der Waals surface area contributed by atoms with Crippen LogP contribution in [0.1, 0.15) is 43.7 Å². The Morgan fingerprint density at radius 2 is 1.90 bits per heavy atom. The van der Waals surface area contributed by atoms with Gasteiger partial charge in [-0.05, 0) is 38.2 Å². The van der Waals surface area contributed by atoms with Crippen molar-refractivity contribution in [2.24, 2.45) is 10.3 Å². The molecular formula is C22H31N3O4S. The number of amidine groups is 1. The number of benzene rings is 1. The molecule has 7 nitrogen and oxygen atoms in total. The van der Waals surface area contributed by atoms with E-state index in [1.807, 2.05) is 43.0 Å². The van der Waals surface area contributed by atoms with Crippen LogP contribution in [0.2, 0.25) is 0 Å². The minimum Gasteiger partial charge on any atom is -0.385 e. The van der Waals surface area contributed by atoms with Crippen LogP contribution in [0.5, 0.6) is 0 Å². The third-order valence-electron chi connectivity index (χ3n) is 5.67. The number of carbonyl (C=O) groups excluding carboxylic acids is 1. The fraction of sp³-hybridized carbons (Fsp3) is 0.545. The Morgan fingerprint density at radius 3 is 2.50 bits per heavy atom. The lowest BCUT2D eigenvalue weighted by atomic mass is 9.94. The molecule has 3 rings (SSSR count). The largest absolute Gasteiger partial charge is 0.385 e. The van der Waals surface area contributed by atoms with Crippen LogP contribution in [-0.2, 0) is 19.6 Å². The molecule has 2 aliphatic rings. The van der Waals surface area contributed by atoms with Crippen molar-refractivity contribution in [1.29, 1.82) is 0 Å². The van der Waals surface area contributed by atoms with Gasteiger partial charge in [-0.25, -0.2) is 0 Å². The van der Waals surface area contributed by atoms with E-state index >= 15 is 0 Å². The van der Waals surface area contributed by atoms with E-state index in [9.17, 15) is 13.2 Å². The van der Waals surface area contributed by atoms with Gasteiger partial charge in [-0.1, -0.05) is 36.8 Å². The highest BCUT2D eigenvalue weighted by Gasteiger charge is 2.36. The van der Waals surface area contributed by atoms with E-state index in [1.165, 1.54) is 0 Å². The first-order valence-corrected chi connectivity index (χ1v) is 12.0. The summed E-state index contributed by atoms with van der Waals surface area (Å²) in [6, 6.07) is 7.52. The molecule has 164 valence electrons. The van der Waals surface area contributed by atoms with E-state index in [0.29, 0.717) is 61.8 Å². The van der Waals surface area contributed by atoms with Crippen LogP contribution in [0, 0.1) is 12.8 Å². The highest BCUT2D eigenvalue weighted by Crippen LogP contribution is 2.36. The molecule has 8 heteroatoms. The lowest BCUT2D eigenvalue weighted by Crippen LogP contribution is -2.43. The van der Waals surface area contributed by atoms with E-state index in [-0.39, 0.29) is 11.8 Å². The molecule has 0 radical (unpaired) electrons. The Labute approximate surface area is 179 Å². The predicted molar refractivity (Wildman–Crippen MR) is 119 cm³/mol. The van der Waals surface area contributed by atoms with Gasteiger partial charge in [0.05, 0.1) is 0 Å². The smallest absolute Gasteiger partial charge is 0.285 e. The van der Waals surface area contributed by atoms with Crippen molar-refractivity contribution in [2.45, 2.75) is 39.5 Å². The third-order valence-corrected chi connectivity index (χ3v) is 7.08. The van der Waals surface area contributed by atoms with Crippen molar-refractivity contribution in [3.8, 4) is 0 Å². The summed E-state index contributed by atoms with van der Waals surface area (Å²) in [5.74, 6) is 0.568. The molecule has 0 saturated carbocycles. The number of hydrogen-bond acceptors (Lipinski definition) is 5. The Morgan fingerprint density at radius 1 is 1.23 bits per heavy atom. The Balaban J connectivity index is 1.71. The number of hydrogen-bond donors (Lipinski definition) is 1. The van der Waals surface area contributed by atoms with Crippen molar-refractivity contribution in [2.75, 3.05) is 33.4 Å². The molecule has 1 aromatic carbocycles. The van der Waals surface area contributed by atoms with Crippen LogP contribution in [-0.4, -0.2) is 58.4 Å². The Bertz CT molecular complexity index is 928. The fourth-order valence-corrected chi connectivity index (χ4v) is 5.52. The molecule has 0 spiro atoms. The van der Waals surface area contributed by atoms with Crippen molar-refractivity contribution >= 4 is 26.7 Å². The first-order chi connectivity index (χ1) is 14.4. The SMILES string of the molecule is CCC1=C(c2ccc(C)cc2)S(=O)(=O)N=C1N1CCC(C(=O)NCCCOC)CC1. The molecule has 1 fully saturated rings. The second kappa shape index (κ2) is 9.75. The third kappa shape index (κ3) is 4.92. The summed E-state index contributed by atoms with van der Waals surface area (Å²) in [5.41, 5.74) is 2.53. The average molecular weight is 434 g/mol. The summed E-state index contributed by atoms with van der Waals surface area (Å²) in [5, 5.41) is 2.96. The van der Waals surface area contributed by atoms with Gasteiger partial charge in [0.2, 0.25) is 5.91 Å². The molecule has 0 unspecified atom stereocenters. The Kier molecular flexibility index (Phi) is 7.31. The number of sulfonamides is 1. The van der Waals surface area contributed by atoms with Gasteiger partial charge in [0.1, 0.15) is 10.7 Å².